The van der Waals surface area contributed by atoms with E-state index in [-0.39, 0.29) is 11.9 Å². The van der Waals surface area contributed by atoms with Crippen LogP contribution in [0.1, 0.15) is 31.4 Å². The lowest BCUT2D eigenvalue weighted by Crippen LogP contribution is -2.25. The first kappa shape index (κ1) is 11.3. The van der Waals surface area contributed by atoms with Gasteiger partial charge < -0.3 is 5.32 Å². The van der Waals surface area contributed by atoms with Crippen molar-refractivity contribution in [2.24, 2.45) is 0 Å². The molecule has 0 radical (unpaired) electrons. The standard InChI is InChI=1S/C12H14N2O/c1-10(15)14-12(8-5-9-13)11-6-3-2-4-7-11/h2-4,6-7,12H,5,8H2,1H3,(H,14,15). The van der Waals surface area contributed by atoms with Crippen LogP contribution in [0.4, 0.5) is 0 Å². The van der Waals surface area contributed by atoms with Crippen molar-refractivity contribution in [2.75, 3.05) is 0 Å². The molecule has 1 atom stereocenters. The Hall–Kier alpha value is -1.82. The van der Waals surface area contributed by atoms with Gasteiger partial charge in [0.2, 0.25) is 5.91 Å². The molecule has 0 saturated heterocycles. The average Bonchev–Trinajstić information content (AvgIpc) is 2.25. The molecular weight excluding hydrogens is 188 g/mol. The van der Waals surface area contributed by atoms with Crippen molar-refractivity contribution in [1.29, 1.82) is 5.26 Å². The zero-order valence-electron chi connectivity index (χ0n) is 8.73. The van der Waals surface area contributed by atoms with Gasteiger partial charge in [0, 0.05) is 13.3 Å². The minimum Gasteiger partial charge on any atom is -0.350 e. The van der Waals surface area contributed by atoms with Gasteiger partial charge in [-0.2, -0.15) is 5.26 Å². The van der Waals surface area contributed by atoms with Crippen LogP contribution < -0.4 is 5.32 Å². The van der Waals surface area contributed by atoms with Gasteiger partial charge in [0.15, 0.2) is 0 Å². The molecule has 3 nitrogen and oxygen atoms in total. The molecule has 1 unspecified atom stereocenters. The third-order valence-corrected chi connectivity index (χ3v) is 2.12. The van der Waals surface area contributed by atoms with Crippen LogP contribution in [-0.2, 0) is 4.79 Å². The number of rotatable bonds is 4. The Morgan fingerprint density at radius 3 is 2.67 bits per heavy atom. The molecule has 0 aliphatic rings. The molecule has 0 heterocycles. The van der Waals surface area contributed by atoms with Crippen LogP contribution in [0, 0.1) is 11.3 Å². The van der Waals surface area contributed by atoms with Crippen molar-refractivity contribution < 1.29 is 4.79 Å². The molecule has 1 rings (SSSR count). The van der Waals surface area contributed by atoms with Crippen LogP contribution in [-0.4, -0.2) is 5.91 Å². The number of hydrogen-bond acceptors (Lipinski definition) is 2. The number of nitriles is 1. The predicted molar refractivity (Wildman–Crippen MR) is 57.8 cm³/mol. The lowest BCUT2D eigenvalue weighted by atomic mass is 10.0. The summed E-state index contributed by atoms with van der Waals surface area (Å²) in [5.41, 5.74) is 1.04. The fraction of sp³-hybridized carbons (Fsp3) is 0.333. The number of carbonyl (C=O) groups excluding carboxylic acids is 1. The Bertz CT molecular complexity index is 354. The van der Waals surface area contributed by atoms with Crippen LogP contribution in [0.3, 0.4) is 0 Å². The Labute approximate surface area is 89.7 Å². The highest BCUT2D eigenvalue weighted by molar-refractivity contribution is 5.73. The molecule has 1 aromatic rings. The number of nitrogens with one attached hydrogen (secondary N) is 1. The van der Waals surface area contributed by atoms with Crippen LogP contribution >= 0.6 is 0 Å². The first-order valence-corrected chi connectivity index (χ1v) is 4.93. The Balaban J connectivity index is 2.72. The van der Waals surface area contributed by atoms with Crippen molar-refractivity contribution in [1.82, 2.24) is 5.32 Å². The molecule has 15 heavy (non-hydrogen) atoms. The summed E-state index contributed by atoms with van der Waals surface area (Å²) in [7, 11) is 0. The molecule has 0 aromatic heterocycles. The van der Waals surface area contributed by atoms with Crippen molar-refractivity contribution >= 4 is 5.91 Å². The topological polar surface area (TPSA) is 52.9 Å². The molecule has 0 aliphatic heterocycles. The number of hydrogen-bond donors (Lipinski definition) is 1. The van der Waals surface area contributed by atoms with E-state index in [1.54, 1.807) is 0 Å². The van der Waals surface area contributed by atoms with Gasteiger partial charge in [-0.15, -0.1) is 0 Å². The second kappa shape index (κ2) is 5.82. The molecule has 0 saturated carbocycles. The predicted octanol–water partition coefficient (Wildman–Crippen LogP) is 2.17. The van der Waals surface area contributed by atoms with Crippen LogP contribution in [0.2, 0.25) is 0 Å². The molecular formula is C12H14N2O. The third kappa shape index (κ3) is 3.82. The zero-order chi connectivity index (χ0) is 11.1. The van der Waals surface area contributed by atoms with E-state index in [9.17, 15) is 4.79 Å². The summed E-state index contributed by atoms with van der Waals surface area (Å²) >= 11 is 0. The largest absolute Gasteiger partial charge is 0.350 e. The summed E-state index contributed by atoms with van der Waals surface area (Å²) in [6.45, 7) is 1.49. The van der Waals surface area contributed by atoms with Crippen molar-refractivity contribution in [3.63, 3.8) is 0 Å². The second-order valence-electron chi connectivity index (χ2n) is 3.36. The number of nitrogens with zero attached hydrogens (tertiary/aromatic N) is 1. The molecule has 1 amide bonds. The Morgan fingerprint density at radius 1 is 1.47 bits per heavy atom. The minimum absolute atomic E-state index is 0.0525. The monoisotopic (exact) mass is 202 g/mol. The maximum Gasteiger partial charge on any atom is 0.217 e. The summed E-state index contributed by atoms with van der Waals surface area (Å²) in [5.74, 6) is -0.0678. The summed E-state index contributed by atoms with van der Waals surface area (Å²) in [6.07, 6.45) is 1.10. The molecule has 0 fully saturated rings. The van der Waals surface area contributed by atoms with E-state index in [0.29, 0.717) is 12.8 Å². The maximum absolute atomic E-state index is 11.0. The van der Waals surface area contributed by atoms with Crippen molar-refractivity contribution in [3.05, 3.63) is 35.9 Å². The molecule has 0 aliphatic carbocycles. The quantitative estimate of drug-likeness (QED) is 0.813. The van der Waals surface area contributed by atoms with Gasteiger partial charge in [-0.1, -0.05) is 30.3 Å². The summed E-state index contributed by atoms with van der Waals surface area (Å²) in [4.78, 5) is 11.0. The first-order chi connectivity index (χ1) is 7.24. The molecule has 78 valence electrons. The summed E-state index contributed by atoms with van der Waals surface area (Å²) < 4.78 is 0. The zero-order valence-corrected chi connectivity index (χ0v) is 8.73. The number of benzene rings is 1. The molecule has 1 aromatic carbocycles. The summed E-state index contributed by atoms with van der Waals surface area (Å²) in [6, 6.07) is 11.7. The van der Waals surface area contributed by atoms with Gasteiger partial charge in [-0.25, -0.2) is 0 Å². The molecule has 1 N–H and O–H groups in total. The lowest BCUT2D eigenvalue weighted by Gasteiger charge is -2.16. The Kier molecular flexibility index (Phi) is 4.36. The Morgan fingerprint density at radius 2 is 2.13 bits per heavy atom. The van der Waals surface area contributed by atoms with E-state index in [1.807, 2.05) is 30.3 Å². The van der Waals surface area contributed by atoms with E-state index in [2.05, 4.69) is 11.4 Å². The number of amides is 1. The number of carbonyl (C=O) groups is 1. The van der Waals surface area contributed by atoms with Crippen molar-refractivity contribution in [3.8, 4) is 6.07 Å². The fourth-order valence-electron chi connectivity index (χ4n) is 1.46. The van der Waals surface area contributed by atoms with E-state index < -0.39 is 0 Å². The lowest BCUT2D eigenvalue weighted by molar-refractivity contribution is -0.119. The van der Waals surface area contributed by atoms with E-state index >= 15 is 0 Å². The molecule has 0 bridgehead atoms. The highest BCUT2D eigenvalue weighted by Gasteiger charge is 2.11. The van der Waals surface area contributed by atoms with Crippen LogP contribution in [0.15, 0.2) is 30.3 Å². The third-order valence-electron chi connectivity index (χ3n) is 2.12. The van der Waals surface area contributed by atoms with Gasteiger partial charge in [-0.05, 0) is 12.0 Å². The highest BCUT2D eigenvalue weighted by Crippen LogP contribution is 2.17. The minimum atomic E-state index is -0.0678. The smallest absolute Gasteiger partial charge is 0.217 e. The highest BCUT2D eigenvalue weighted by atomic mass is 16.1. The normalized spacial score (nSPS) is 11.5. The van der Waals surface area contributed by atoms with E-state index in [4.69, 9.17) is 5.26 Å². The first-order valence-electron chi connectivity index (χ1n) is 4.93. The van der Waals surface area contributed by atoms with E-state index in [0.717, 1.165) is 5.56 Å². The average molecular weight is 202 g/mol. The van der Waals surface area contributed by atoms with Gasteiger partial charge in [0.05, 0.1) is 12.1 Å². The van der Waals surface area contributed by atoms with Gasteiger partial charge in [0.1, 0.15) is 0 Å². The molecule has 3 heteroatoms. The second-order valence-corrected chi connectivity index (χ2v) is 3.36. The van der Waals surface area contributed by atoms with Crippen molar-refractivity contribution in [2.45, 2.75) is 25.8 Å². The fourth-order valence-corrected chi connectivity index (χ4v) is 1.46. The van der Waals surface area contributed by atoms with Crippen LogP contribution in [0.5, 0.6) is 0 Å². The van der Waals surface area contributed by atoms with Gasteiger partial charge >= 0.3 is 0 Å². The molecule has 0 spiro atoms. The van der Waals surface area contributed by atoms with Gasteiger partial charge in [0.25, 0.3) is 0 Å². The van der Waals surface area contributed by atoms with E-state index in [1.165, 1.54) is 6.92 Å². The van der Waals surface area contributed by atoms with Gasteiger partial charge in [-0.3, -0.25) is 4.79 Å². The maximum atomic E-state index is 11.0. The SMILES string of the molecule is CC(=O)NC(CCC#N)c1ccccc1. The summed E-state index contributed by atoms with van der Waals surface area (Å²) in [5, 5.41) is 11.4. The van der Waals surface area contributed by atoms with Crippen LogP contribution in [0.25, 0.3) is 0 Å².